The van der Waals surface area contributed by atoms with Crippen molar-refractivity contribution in [3.8, 4) is 0 Å². The Morgan fingerprint density at radius 2 is 1.88 bits per heavy atom. The number of nitrogens with zero attached hydrogens (tertiary/aromatic N) is 5. The molecule has 3 aromatic heterocycles. The number of carbonyl (C=O) groups excluding carboxylic acids is 1. The molecule has 2 N–H and O–H groups in total. The highest BCUT2D eigenvalue weighted by Crippen LogP contribution is 2.42. The average Bonchev–Trinajstić information content (AvgIpc) is 3.47. The zero-order chi connectivity index (χ0) is 22.1. The maximum absolute atomic E-state index is 12.5. The van der Waals surface area contributed by atoms with Gasteiger partial charge in [-0.25, -0.2) is 15.0 Å². The molecule has 0 bridgehead atoms. The number of pyridine rings is 1. The van der Waals surface area contributed by atoms with Gasteiger partial charge in [-0.2, -0.15) is 0 Å². The number of likely N-dealkylation sites (N-methyl/N-ethyl adjacent to an activating group) is 1. The molecule has 5 rings (SSSR count). The van der Waals surface area contributed by atoms with E-state index in [2.05, 4.69) is 43.5 Å². The lowest BCUT2D eigenvalue weighted by Gasteiger charge is -2.33. The molecule has 1 amide bonds. The van der Waals surface area contributed by atoms with Gasteiger partial charge in [-0.1, -0.05) is 12.8 Å². The standard InChI is InChI=1S/C23H29N7OS/c1-24-22(31)21-19(15-5-3-4-6-15)20-17(32-21)14-26-23(28-20)27-18-8-7-16(13-25-18)30-11-9-29(2)10-12-30/h7-8,13-15H,3-6,9-12H2,1-2H3,(H,24,31)(H,25,26,27,28). The minimum atomic E-state index is -0.0365. The Balaban J connectivity index is 1.40. The van der Waals surface area contributed by atoms with Gasteiger partial charge in [0.2, 0.25) is 5.95 Å². The van der Waals surface area contributed by atoms with Crippen LogP contribution in [0.5, 0.6) is 0 Å². The SMILES string of the molecule is CNC(=O)c1sc2cnc(Nc3ccc(N4CCN(C)CC4)cn3)nc2c1C1CCCC1. The van der Waals surface area contributed by atoms with Crippen LogP contribution >= 0.6 is 11.3 Å². The minimum Gasteiger partial charge on any atom is -0.368 e. The van der Waals surface area contributed by atoms with Gasteiger partial charge in [0.25, 0.3) is 5.91 Å². The minimum absolute atomic E-state index is 0.0365. The fourth-order valence-corrected chi connectivity index (χ4v) is 5.82. The maximum Gasteiger partial charge on any atom is 0.261 e. The molecular formula is C23H29N7OS. The van der Waals surface area contributed by atoms with Crippen LogP contribution in [0.4, 0.5) is 17.5 Å². The monoisotopic (exact) mass is 451 g/mol. The van der Waals surface area contributed by atoms with E-state index in [1.54, 1.807) is 7.05 Å². The molecule has 1 aliphatic heterocycles. The highest BCUT2D eigenvalue weighted by Gasteiger charge is 2.28. The van der Waals surface area contributed by atoms with E-state index < -0.39 is 0 Å². The first kappa shape index (κ1) is 21.1. The molecule has 2 fully saturated rings. The van der Waals surface area contributed by atoms with Crippen LogP contribution in [-0.4, -0.2) is 66.0 Å². The van der Waals surface area contributed by atoms with E-state index in [-0.39, 0.29) is 5.91 Å². The van der Waals surface area contributed by atoms with E-state index in [0.717, 1.165) is 65.4 Å². The number of carbonyl (C=O) groups is 1. The van der Waals surface area contributed by atoms with Crippen LogP contribution in [0.15, 0.2) is 24.5 Å². The molecule has 0 radical (unpaired) electrons. The van der Waals surface area contributed by atoms with Crippen LogP contribution in [0.3, 0.4) is 0 Å². The van der Waals surface area contributed by atoms with E-state index in [1.165, 1.54) is 24.2 Å². The van der Waals surface area contributed by atoms with Crippen molar-refractivity contribution in [2.45, 2.75) is 31.6 Å². The molecule has 0 atom stereocenters. The second kappa shape index (κ2) is 8.99. The van der Waals surface area contributed by atoms with Crippen molar-refractivity contribution >= 4 is 44.9 Å². The third-order valence-electron chi connectivity index (χ3n) is 6.52. The first-order valence-electron chi connectivity index (χ1n) is 11.3. The molecule has 0 spiro atoms. The number of aromatic nitrogens is 3. The molecular weight excluding hydrogens is 422 g/mol. The van der Waals surface area contributed by atoms with Crippen molar-refractivity contribution < 1.29 is 4.79 Å². The Labute approximate surface area is 192 Å². The quantitative estimate of drug-likeness (QED) is 0.613. The fraction of sp³-hybridized carbons (Fsp3) is 0.478. The molecule has 9 heteroatoms. The second-order valence-corrected chi connectivity index (χ2v) is 9.68. The number of fused-ring (bicyclic) bond motifs is 1. The number of amides is 1. The number of thiophene rings is 1. The lowest BCUT2D eigenvalue weighted by atomic mass is 9.96. The Morgan fingerprint density at radius 3 is 2.56 bits per heavy atom. The highest BCUT2D eigenvalue weighted by atomic mass is 32.1. The van der Waals surface area contributed by atoms with E-state index in [1.807, 2.05) is 18.5 Å². The highest BCUT2D eigenvalue weighted by molar-refractivity contribution is 7.21. The van der Waals surface area contributed by atoms with Crippen molar-refractivity contribution in [1.29, 1.82) is 0 Å². The summed E-state index contributed by atoms with van der Waals surface area (Å²) in [5, 5.41) is 6.03. The zero-order valence-corrected chi connectivity index (χ0v) is 19.4. The lowest BCUT2D eigenvalue weighted by Crippen LogP contribution is -2.44. The number of nitrogens with one attached hydrogen (secondary N) is 2. The van der Waals surface area contributed by atoms with Crippen molar-refractivity contribution in [2.24, 2.45) is 0 Å². The summed E-state index contributed by atoms with van der Waals surface area (Å²) >= 11 is 1.49. The molecule has 32 heavy (non-hydrogen) atoms. The summed E-state index contributed by atoms with van der Waals surface area (Å²) in [6.07, 6.45) is 8.35. The van der Waals surface area contributed by atoms with Gasteiger partial charge in [-0.15, -0.1) is 11.3 Å². The molecule has 1 saturated heterocycles. The molecule has 168 valence electrons. The van der Waals surface area contributed by atoms with Crippen molar-refractivity contribution in [3.05, 3.63) is 35.0 Å². The van der Waals surface area contributed by atoms with Gasteiger partial charge < -0.3 is 20.4 Å². The first-order chi connectivity index (χ1) is 15.6. The Kier molecular flexibility index (Phi) is 5.93. The van der Waals surface area contributed by atoms with Gasteiger partial charge >= 0.3 is 0 Å². The van der Waals surface area contributed by atoms with Crippen LogP contribution in [0, 0.1) is 0 Å². The van der Waals surface area contributed by atoms with Gasteiger partial charge in [0.1, 0.15) is 5.82 Å². The second-order valence-electron chi connectivity index (χ2n) is 8.63. The van der Waals surface area contributed by atoms with Crippen molar-refractivity contribution in [2.75, 3.05) is 50.5 Å². The van der Waals surface area contributed by atoms with Crippen LogP contribution in [0.1, 0.15) is 46.8 Å². The molecule has 2 aliphatic rings. The maximum atomic E-state index is 12.5. The molecule has 1 saturated carbocycles. The lowest BCUT2D eigenvalue weighted by molar-refractivity contribution is 0.0966. The van der Waals surface area contributed by atoms with Crippen LogP contribution in [0.25, 0.3) is 10.2 Å². The molecule has 4 heterocycles. The summed E-state index contributed by atoms with van der Waals surface area (Å²) in [6.45, 7) is 4.16. The van der Waals surface area contributed by atoms with E-state index in [4.69, 9.17) is 4.98 Å². The zero-order valence-electron chi connectivity index (χ0n) is 18.6. The summed E-state index contributed by atoms with van der Waals surface area (Å²) in [7, 11) is 3.84. The number of anilines is 3. The van der Waals surface area contributed by atoms with Gasteiger partial charge in [0.15, 0.2) is 0 Å². The molecule has 1 aliphatic carbocycles. The van der Waals surface area contributed by atoms with Gasteiger partial charge in [-0.3, -0.25) is 4.79 Å². The molecule has 8 nitrogen and oxygen atoms in total. The van der Waals surface area contributed by atoms with Gasteiger partial charge in [0, 0.05) is 38.8 Å². The van der Waals surface area contributed by atoms with Gasteiger partial charge in [0.05, 0.1) is 33.2 Å². The topological polar surface area (TPSA) is 86.3 Å². The largest absolute Gasteiger partial charge is 0.368 e. The average molecular weight is 452 g/mol. The van der Waals surface area contributed by atoms with E-state index in [0.29, 0.717) is 17.7 Å². The predicted molar refractivity (Wildman–Crippen MR) is 129 cm³/mol. The normalized spacial score (nSPS) is 17.8. The third kappa shape index (κ3) is 4.14. The van der Waals surface area contributed by atoms with Crippen molar-refractivity contribution in [1.82, 2.24) is 25.2 Å². The molecule has 0 unspecified atom stereocenters. The van der Waals surface area contributed by atoms with E-state index >= 15 is 0 Å². The smallest absolute Gasteiger partial charge is 0.261 e. The first-order valence-corrected chi connectivity index (χ1v) is 12.1. The van der Waals surface area contributed by atoms with E-state index in [9.17, 15) is 4.79 Å². The predicted octanol–water partition coefficient (Wildman–Crippen LogP) is 3.60. The molecule has 0 aromatic carbocycles. The Bertz CT molecular complexity index is 1100. The van der Waals surface area contributed by atoms with Gasteiger partial charge in [-0.05, 0) is 37.9 Å². The van der Waals surface area contributed by atoms with Crippen LogP contribution in [0.2, 0.25) is 0 Å². The fourth-order valence-electron chi connectivity index (χ4n) is 4.67. The Hall–Kier alpha value is -2.78. The number of hydrogen-bond acceptors (Lipinski definition) is 8. The van der Waals surface area contributed by atoms with Crippen molar-refractivity contribution in [3.63, 3.8) is 0 Å². The summed E-state index contributed by atoms with van der Waals surface area (Å²) < 4.78 is 0.953. The number of hydrogen-bond donors (Lipinski definition) is 2. The summed E-state index contributed by atoms with van der Waals surface area (Å²) in [6, 6.07) is 4.07. The molecule has 3 aromatic rings. The summed E-state index contributed by atoms with van der Waals surface area (Å²) in [5.41, 5.74) is 3.12. The van der Waals surface area contributed by atoms with Crippen LogP contribution < -0.4 is 15.5 Å². The van der Waals surface area contributed by atoms with Crippen LogP contribution in [-0.2, 0) is 0 Å². The number of piperazine rings is 1. The summed E-state index contributed by atoms with van der Waals surface area (Å²) in [5.74, 6) is 1.58. The Morgan fingerprint density at radius 1 is 1.09 bits per heavy atom. The summed E-state index contributed by atoms with van der Waals surface area (Å²) in [4.78, 5) is 31.9. The third-order valence-corrected chi connectivity index (χ3v) is 7.65. The number of rotatable bonds is 5.